The molecule has 0 N–H and O–H groups in total. The Morgan fingerprint density at radius 2 is 1.85 bits per heavy atom. The van der Waals surface area contributed by atoms with E-state index >= 15 is 0 Å². The van der Waals surface area contributed by atoms with Gasteiger partial charge in [-0.15, -0.1) is 0 Å². The minimum atomic E-state index is 0.0870. The number of aromatic nitrogens is 4. The lowest BCUT2D eigenvalue weighted by Crippen LogP contribution is -2.37. The molecule has 0 amide bonds. The average Bonchev–Trinajstić information content (AvgIpc) is 3.24. The lowest BCUT2D eigenvalue weighted by atomic mass is 9.44. The van der Waals surface area contributed by atoms with E-state index < -0.39 is 0 Å². The van der Waals surface area contributed by atoms with Crippen molar-refractivity contribution in [2.24, 2.45) is 7.05 Å². The summed E-state index contributed by atoms with van der Waals surface area (Å²) in [5.41, 5.74) is 3.63. The summed E-state index contributed by atoms with van der Waals surface area (Å²) in [6, 6.07) is 5.83. The number of ether oxygens (including phenoxy) is 3. The van der Waals surface area contributed by atoms with E-state index in [9.17, 15) is 5.26 Å². The molecule has 0 saturated carbocycles. The van der Waals surface area contributed by atoms with Crippen LogP contribution in [0.25, 0.3) is 28.1 Å². The SMILES string of the molecule is Cn1c(C2=CCB(C#N)CC2)nc2c(N3CCOCC3)nc(-c3ccc4c(c3)OCCO4)nc21. The summed E-state index contributed by atoms with van der Waals surface area (Å²) in [5, 5.41) is 9.26. The molecule has 1 aromatic carbocycles. The molecule has 1 fully saturated rings. The van der Waals surface area contributed by atoms with E-state index in [2.05, 4.69) is 21.5 Å². The lowest BCUT2D eigenvalue weighted by Gasteiger charge is -2.28. The third-order valence-corrected chi connectivity index (χ3v) is 6.69. The highest BCUT2D eigenvalue weighted by Crippen LogP contribution is 2.36. The fourth-order valence-corrected chi connectivity index (χ4v) is 4.80. The Labute approximate surface area is 198 Å². The van der Waals surface area contributed by atoms with Crippen molar-refractivity contribution in [3.8, 4) is 28.9 Å². The number of hydrogen-bond donors (Lipinski definition) is 0. The van der Waals surface area contributed by atoms with Gasteiger partial charge in [0, 0.05) is 31.7 Å². The van der Waals surface area contributed by atoms with Gasteiger partial charge in [0.05, 0.1) is 13.2 Å². The number of allylic oxidation sites excluding steroid dienone is 2. The van der Waals surface area contributed by atoms with Crippen molar-refractivity contribution in [3.05, 3.63) is 30.1 Å². The second-order valence-corrected chi connectivity index (χ2v) is 8.83. The summed E-state index contributed by atoms with van der Waals surface area (Å²) in [7, 11) is 2.01. The molecule has 0 aliphatic carbocycles. The number of imidazole rings is 1. The monoisotopic (exact) mass is 456 g/mol. The molecule has 5 heterocycles. The molecule has 2 aromatic heterocycles. The number of hydrogen-bond acceptors (Lipinski definition) is 8. The molecular weight excluding hydrogens is 431 g/mol. The number of fused-ring (bicyclic) bond motifs is 2. The molecule has 0 radical (unpaired) electrons. The van der Waals surface area contributed by atoms with Crippen LogP contribution in [0.4, 0.5) is 5.82 Å². The Kier molecular flexibility index (Phi) is 5.34. The molecule has 0 bridgehead atoms. The second kappa shape index (κ2) is 8.65. The Bertz CT molecular complexity index is 1320. The molecule has 9 nitrogen and oxygen atoms in total. The average molecular weight is 456 g/mol. The van der Waals surface area contributed by atoms with Crippen molar-refractivity contribution in [2.45, 2.75) is 19.1 Å². The first-order valence-electron chi connectivity index (χ1n) is 11.8. The van der Waals surface area contributed by atoms with Crippen LogP contribution < -0.4 is 14.4 Å². The Morgan fingerprint density at radius 3 is 2.62 bits per heavy atom. The number of nitriles is 1. The zero-order chi connectivity index (χ0) is 23.1. The highest BCUT2D eigenvalue weighted by atomic mass is 16.6. The first-order chi connectivity index (χ1) is 16.7. The van der Waals surface area contributed by atoms with Crippen molar-refractivity contribution in [1.29, 1.82) is 5.26 Å². The van der Waals surface area contributed by atoms with Crippen molar-refractivity contribution < 1.29 is 14.2 Å². The van der Waals surface area contributed by atoms with E-state index in [1.807, 2.05) is 25.2 Å². The topological polar surface area (TPSA) is 98.3 Å². The van der Waals surface area contributed by atoms with Crippen LogP contribution in [-0.2, 0) is 11.8 Å². The van der Waals surface area contributed by atoms with Gasteiger partial charge in [-0.25, -0.2) is 20.2 Å². The third kappa shape index (κ3) is 3.66. The maximum absolute atomic E-state index is 9.26. The van der Waals surface area contributed by atoms with Crippen LogP contribution in [0.15, 0.2) is 24.3 Å². The number of rotatable bonds is 3. The standard InChI is InChI=1S/C24H25BN6O3/c1-30-22(16-4-6-25(15-26)7-5-16)27-20-23(30)28-21(29-24(20)31-8-10-32-11-9-31)17-2-3-18-19(14-17)34-13-12-33-18/h2-4,14H,5-13H2,1H3. The quantitative estimate of drug-likeness (QED) is 0.555. The lowest BCUT2D eigenvalue weighted by molar-refractivity contribution is 0.122. The molecule has 172 valence electrons. The maximum atomic E-state index is 9.26. The van der Waals surface area contributed by atoms with Crippen LogP contribution in [0.5, 0.6) is 11.5 Å². The van der Waals surface area contributed by atoms with Gasteiger partial charge in [-0.2, -0.15) is 0 Å². The van der Waals surface area contributed by atoms with Crippen LogP contribution in [-0.4, -0.2) is 65.7 Å². The van der Waals surface area contributed by atoms with Gasteiger partial charge in [-0.3, -0.25) is 0 Å². The Balaban J connectivity index is 1.49. The molecule has 0 atom stereocenters. The van der Waals surface area contributed by atoms with Crippen LogP contribution in [0.1, 0.15) is 12.2 Å². The number of morpholine rings is 1. The van der Waals surface area contributed by atoms with Crippen molar-refractivity contribution >= 4 is 29.3 Å². The van der Waals surface area contributed by atoms with Crippen LogP contribution >= 0.6 is 0 Å². The molecule has 1 saturated heterocycles. The molecule has 3 aliphatic heterocycles. The molecule has 10 heteroatoms. The highest BCUT2D eigenvalue weighted by molar-refractivity contribution is 6.67. The predicted molar refractivity (Wildman–Crippen MR) is 129 cm³/mol. The van der Waals surface area contributed by atoms with Gasteiger partial charge in [-0.05, 0) is 36.5 Å². The van der Waals surface area contributed by atoms with E-state index in [1.165, 1.54) is 5.57 Å². The van der Waals surface area contributed by atoms with Crippen LogP contribution in [0.2, 0.25) is 12.6 Å². The third-order valence-electron chi connectivity index (χ3n) is 6.69. The summed E-state index contributed by atoms with van der Waals surface area (Å²) in [6.07, 6.45) is 4.61. The van der Waals surface area contributed by atoms with E-state index in [0.717, 1.165) is 66.3 Å². The fourth-order valence-electron chi connectivity index (χ4n) is 4.80. The van der Waals surface area contributed by atoms with E-state index in [4.69, 9.17) is 29.2 Å². The summed E-state index contributed by atoms with van der Waals surface area (Å²) in [5.74, 6) is 6.19. The van der Waals surface area contributed by atoms with Crippen LogP contribution in [0.3, 0.4) is 0 Å². The number of aryl methyl sites for hydroxylation is 1. The van der Waals surface area contributed by atoms with Crippen LogP contribution in [0, 0.1) is 11.2 Å². The van der Waals surface area contributed by atoms with E-state index in [-0.39, 0.29) is 6.71 Å². The van der Waals surface area contributed by atoms with Gasteiger partial charge in [-0.1, -0.05) is 12.4 Å². The zero-order valence-electron chi connectivity index (χ0n) is 19.2. The number of benzene rings is 1. The van der Waals surface area contributed by atoms with Crippen molar-refractivity contribution in [3.63, 3.8) is 0 Å². The van der Waals surface area contributed by atoms with Gasteiger partial charge in [0.2, 0.25) is 0 Å². The van der Waals surface area contributed by atoms with Gasteiger partial charge in [0.25, 0.3) is 6.71 Å². The smallest absolute Gasteiger partial charge is 0.271 e. The molecule has 3 aromatic rings. The highest BCUT2D eigenvalue weighted by Gasteiger charge is 2.26. The molecule has 6 rings (SSSR count). The van der Waals surface area contributed by atoms with Gasteiger partial charge < -0.3 is 23.7 Å². The second-order valence-electron chi connectivity index (χ2n) is 8.83. The summed E-state index contributed by atoms with van der Waals surface area (Å²) in [6.45, 7) is 4.00. The zero-order valence-corrected chi connectivity index (χ0v) is 19.2. The van der Waals surface area contributed by atoms with E-state index in [1.54, 1.807) is 0 Å². The van der Waals surface area contributed by atoms with Crippen molar-refractivity contribution in [1.82, 2.24) is 19.5 Å². The number of anilines is 1. The molecule has 34 heavy (non-hydrogen) atoms. The summed E-state index contributed by atoms with van der Waals surface area (Å²) in [4.78, 5) is 17.2. The van der Waals surface area contributed by atoms with Gasteiger partial charge >= 0.3 is 0 Å². The summed E-state index contributed by atoms with van der Waals surface area (Å²) < 4.78 is 19.1. The normalized spacial score (nSPS) is 18.1. The molecule has 0 spiro atoms. The van der Waals surface area contributed by atoms with Gasteiger partial charge in [0.15, 0.2) is 34.3 Å². The molecular formula is C24H25BN6O3. The first kappa shape index (κ1) is 21.0. The predicted octanol–water partition coefficient (Wildman–Crippen LogP) is 2.98. The fraction of sp³-hybridized carbons (Fsp3) is 0.417. The summed E-state index contributed by atoms with van der Waals surface area (Å²) >= 11 is 0. The van der Waals surface area contributed by atoms with Crippen molar-refractivity contribution in [2.75, 3.05) is 44.4 Å². The first-order valence-corrected chi connectivity index (χ1v) is 11.8. The van der Waals surface area contributed by atoms with Gasteiger partial charge in [0.1, 0.15) is 19.0 Å². The van der Waals surface area contributed by atoms with E-state index in [0.29, 0.717) is 38.0 Å². The Hall–Kier alpha value is -3.58. The Morgan fingerprint density at radius 1 is 1.03 bits per heavy atom. The minimum Gasteiger partial charge on any atom is -0.486 e. The largest absolute Gasteiger partial charge is 0.486 e. The molecule has 3 aliphatic rings. The maximum Gasteiger partial charge on any atom is 0.271 e. The number of nitrogens with zero attached hydrogens (tertiary/aromatic N) is 6. The molecule has 0 unspecified atom stereocenters. The minimum absolute atomic E-state index is 0.0870.